The van der Waals surface area contributed by atoms with Crippen LogP contribution in [-0.2, 0) is 11.3 Å². The lowest BCUT2D eigenvalue weighted by molar-refractivity contribution is -0.113. The lowest BCUT2D eigenvalue weighted by Gasteiger charge is -2.28. The molecular weight excluding hydrogens is 305 g/mol. The zero-order chi connectivity index (χ0) is 15.0. The summed E-state index contributed by atoms with van der Waals surface area (Å²) < 4.78 is 0. The smallest absolute Gasteiger partial charge is 0.141 e. The molecule has 108 valence electrons. The van der Waals surface area contributed by atoms with Gasteiger partial charge in [0.2, 0.25) is 0 Å². The first-order chi connectivity index (χ1) is 10.1. The molecule has 4 heteroatoms. The normalized spacial score (nSPS) is 19.3. The van der Waals surface area contributed by atoms with Crippen LogP contribution in [0.3, 0.4) is 0 Å². The maximum Gasteiger partial charge on any atom is 0.141 e. The van der Waals surface area contributed by atoms with Crippen molar-refractivity contribution in [1.29, 1.82) is 0 Å². The maximum absolute atomic E-state index is 11.6. The second-order valence-electron chi connectivity index (χ2n) is 5.29. The molecule has 2 nitrogen and oxygen atoms in total. The Balaban J connectivity index is 1.95. The lowest BCUT2D eigenvalue weighted by Crippen LogP contribution is -2.26. The van der Waals surface area contributed by atoms with Crippen LogP contribution in [0.2, 0.25) is 10.0 Å². The second kappa shape index (κ2) is 5.80. The number of hydrogen-bond acceptors (Lipinski definition) is 2. The Kier molecular flexibility index (Phi) is 4.03. The van der Waals surface area contributed by atoms with Gasteiger partial charge in [0.25, 0.3) is 0 Å². The Morgan fingerprint density at radius 2 is 1.90 bits per heavy atom. The molecule has 2 atom stereocenters. The summed E-state index contributed by atoms with van der Waals surface area (Å²) in [5.74, 6) is 0. The molecule has 2 aromatic rings. The fraction of sp³-hybridized carbons (Fsp3) is 0.235. The minimum Gasteiger partial charge on any atom is -0.301 e. The van der Waals surface area contributed by atoms with Crippen LogP contribution in [0, 0.1) is 0 Å². The molecular formula is C17H15Cl2NO. The van der Waals surface area contributed by atoms with Crippen molar-refractivity contribution >= 4 is 29.5 Å². The fourth-order valence-electron chi connectivity index (χ4n) is 2.97. The van der Waals surface area contributed by atoms with Gasteiger partial charge in [-0.25, -0.2) is 0 Å². The molecule has 3 rings (SSSR count). The zero-order valence-electron chi connectivity index (χ0n) is 11.6. The first kappa shape index (κ1) is 14.6. The molecule has 21 heavy (non-hydrogen) atoms. The summed E-state index contributed by atoms with van der Waals surface area (Å²) >= 11 is 12.2. The average Bonchev–Trinajstić information content (AvgIpc) is 2.87. The van der Waals surface area contributed by atoms with Crippen LogP contribution in [-0.4, -0.2) is 11.2 Å². The van der Waals surface area contributed by atoms with Crippen molar-refractivity contribution in [2.24, 2.45) is 0 Å². The third-order valence-corrected chi connectivity index (χ3v) is 4.71. The minimum absolute atomic E-state index is 0.112. The number of halogens is 2. The van der Waals surface area contributed by atoms with Gasteiger partial charge in [0.1, 0.15) is 6.29 Å². The summed E-state index contributed by atoms with van der Waals surface area (Å²) in [7, 11) is 0. The third-order valence-electron chi connectivity index (χ3n) is 4.13. The number of aldehydes is 1. The van der Waals surface area contributed by atoms with Gasteiger partial charge in [-0.05, 0) is 41.8 Å². The summed E-state index contributed by atoms with van der Waals surface area (Å²) in [5, 5.41) is 1.38. The Bertz CT molecular complexity index is 669. The molecule has 1 aliphatic heterocycles. The van der Waals surface area contributed by atoms with Gasteiger partial charge in [0.15, 0.2) is 0 Å². The highest BCUT2D eigenvalue weighted by molar-refractivity contribution is 6.31. The van der Waals surface area contributed by atoms with E-state index in [9.17, 15) is 4.79 Å². The number of fused-ring (bicyclic) bond motifs is 1. The van der Waals surface area contributed by atoms with Crippen LogP contribution in [0.4, 0.5) is 0 Å². The minimum atomic E-state index is -0.292. The number of benzene rings is 2. The van der Waals surface area contributed by atoms with Crippen LogP contribution < -0.4 is 0 Å². The van der Waals surface area contributed by atoms with Gasteiger partial charge in [0.05, 0.1) is 6.04 Å². The van der Waals surface area contributed by atoms with E-state index >= 15 is 0 Å². The Hall–Kier alpha value is -1.35. The Labute approximate surface area is 134 Å². The van der Waals surface area contributed by atoms with Crippen LogP contribution in [0.25, 0.3) is 0 Å². The largest absolute Gasteiger partial charge is 0.301 e. The van der Waals surface area contributed by atoms with E-state index in [1.54, 1.807) is 0 Å². The molecule has 2 aromatic carbocycles. The Morgan fingerprint density at radius 3 is 2.57 bits per heavy atom. The summed E-state index contributed by atoms with van der Waals surface area (Å²) in [6, 6.07) is 13.4. The van der Waals surface area contributed by atoms with Crippen molar-refractivity contribution in [3.63, 3.8) is 0 Å². The lowest BCUT2D eigenvalue weighted by atomic mass is 10.0. The second-order valence-corrected chi connectivity index (χ2v) is 6.14. The van der Waals surface area contributed by atoms with E-state index in [1.165, 1.54) is 0 Å². The van der Waals surface area contributed by atoms with E-state index in [4.69, 9.17) is 23.2 Å². The summed E-state index contributed by atoms with van der Waals surface area (Å²) in [5.41, 5.74) is 3.20. The Morgan fingerprint density at radius 1 is 1.19 bits per heavy atom. The number of carbonyl (C=O) groups is 1. The molecule has 1 unspecified atom stereocenters. The molecule has 0 spiro atoms. The highest BCUT2D eigenvalue weighted by Crippen LogP contribution is 2.41. The van der Waals surface area contributed by atoms with Crippen LogP contribution in [0.1, 0.15) is 35.7 Å². The van der Waals surface area contributed by atoms with Crippen molar-refractivity contribution < 1.29 is 4.79 Å². The van der Waals surface area contributed by atoms with E-state index < -0.39 is 0 Å². The molecule has 0 radical (unpaired) electrons. The summed E-state index contributed by atoms with van der Waals surface area (Å²) in [4.78, 5) is 13.8. The van der Waals surface area contributed by atoms with Crippen LogP contribution in [0.15, 0.2) is 42.5 Å². The van der Waals surface area contributed by atoms with Gasteiger partial charge >= 0.3 is 0 Å². The van der Waals surface area contributed by atoms with Gasteiger partial charge in [-0.1, -0.05) is 47.5 Å². The molecule has 0 bridgehead atoms. The van der Waals surface area contributed by atoms with E-state index in [-0.39, 0.29) is 12.1 Å². The SMILES string of the molecule is CC(c1ccc(Cl)cc1)N1Cc2cccc(Cl)c2[C@H]1C=O. The average molecular weight is 320 g/mol. The molecule has 0 aliphatic carbocycles. The number of nitrogens with zero attached hydrogens (tertiary/aromatic N) is 1. The molecule has 0 aromatic heterocycles. The van der Waals surface area contributed by atoms with E-state index in [2.05, 4.69) is 11.8 Å². The molecule has 0 N–H and O–H groups in total. The predicted octanol–water partition coefficient (Wildman–Crippen LogP) is 4.81. The summed E-state index contributed by atoms with van der Waals surface area (Å²) in [6.07, 6.45) is 0.976. The van der Waals surface area contributed by atoms with Crippen molar-refractivity contribution in [2.75, 3.05) is 0 Å². The van der Waals surface area contributed by atoms with E-state index in [0.717, 1.165) is 29.5 Å². The molecule has 0 saturated carbocycles. The van der Waals surface area contributed by atoms with Gasteiger partial charge in [-0.2, -0.15) is 0 Å². The van der Waals surface area contributed by atoms with Crippen LogP contribution in [0.5, 0.6) is 0 Å². The molecule has 0 amide bonds. The zero-order valence-corrected chi connectivity index (χ0v) is 13.1. The van der Waals surface area contributed by atoms with Gasteiger partial charge < -0.3 is 4.79 Å². The first-order valence-corrected chi connectivity index (χ1v) is 7.61. The van der Waals surface area contributed by atoms with E-state index in [0.29, 0.717) is 10.0 Å². The van der Waals surface area contributed by atoms with Crippen molar-refractivity contribution in [2.45, 2.75) is 25.6 Å². The highest BCUT2D eigenvalue weighted by atomic mass is 35.5. The topological polar surface area (TPSA) is 20.3 Å². The number of carbonyl (C=O) groups excluding carboxylic acids is 1. The first-order valence-electron chi connectivity index (χ1n) is 6.85. The monoisotopic (exact) mass is 319 g/mol. The van der Waals surface area contributed by atoms with Crippen molar-refractivity contribution in [1.82, 2.24) is 4.90 Å². The van der Waals surface area contributed by atoms with E-state index in [1.807, 2.05) is 42.5 Å². The molecule has 0 saturated heterocycles. The van der Waals surface area contributed by atoms with Crippen molar-refractivity contribution in [3.05, 3.63) is 69.2 Å². The number of rotatable bonds is 3. The van der Waals surface area contributed by atoms with Gasteiger partial charge in [-0.3, -0.25) is 4.90 Å². The molecule has 0 fully saturated rings. The van der Waals surface area contributed by atoms with Crippen LogP contribution >= 0.6 is 23.2 Å². The molecule has 1 aliphatic rings. The highest BCUT2D eigenvalue weighted by Gasteiger charge is 2.34. The van der Waals surface area contributed by atoms with Gasteiger partial charge in [-0.15, -0.1) is 0 Å². The quantitative estimate of drug-likeness (QED) is 0.756. The predicted molar refractivity (Wildman–Crippen MR) is 85.7 cm³/mol. The van der Waals surface area contributed by atoms with Crippen molar-refractivity contribution in [3.8, 4) is 0 Å². The maximum atomic E-state index is 11.6. The summed E-state index contributed by atoms with van der Waals surface area (Å²) in [6.45, 7) is 2.82. The fourth-order valence-corrected chi connectivity index (χ4v) is 3.40. The molecule has 1 heterocycles. The standard InChI is InChI=1S/C17H15Cl2NO/c1-11(12-5-7-14(18)8-6-12)20-9-13-3-2-4-15(19)17(13)16(20)10-21/h2-8,10-11,16H,9H2,1H3/t11?,16-/m1/s1. The third kappa shape index (κ3) is 2.59. The van der Waals surface area contributed by atoms with Gasteiger partial charge in [0, 0.05) is 22.6 Å². The number of hydrogen-bond donors (Lipinski definition) is 0.